The van der Waals surface area contributed by atoms with Crippen LogP contribution < -0.4 is 15.5 Å². The van der Waals surface area contributed by atoms with Gasteiger partial charge in [-0.25, -0.2) is 4.98 Å². The highest BCUT2D eigenvalue weighted by molar-refractivity contribution is 5.83. The Morgan fingerprint density at radius 2 is 2.04 bits per heavy atom. The lowest BCUT2D eigenvalue weighted by Crippen LogP contribution is -2.47. The quantitative estimate of drug-likeness (QED) is 0.871. The summed E-state index contributed by atoms with van der Waals surface area (Å²) in [5.74, 6) is 1.83. The highest BCUT2D eigenvalue weighted by Gasteiger charge is 2.49. The van der Waals surface area contributed by atoms with E-state index in [1.54, 1.807) is 0 Å². The zero-order chi connectivity index (χ0) is 17.8. The molecule has 0 radical (unpaired) electrons. The van der Waals surface area contributed by atoms with E-state index in [1.165, 1.54) is 44.9 Å². The van der Waals surface area contributed by atoms with E-state index >= 15 is 0 Å². The van der Waals surface area contributed by atoms with E-state index in [2.05, 4.69) is 32.7 Å². The van der Waals surface area contributed by atoms with Crippen LogP contribution in [0.15, 0.2) is 18.3 Å². The Labute approximate surface area is 156 Å². The van der Waals surface area contributed by atoms with Crippen LogP contribution in [0.3, 0.4) is 0 Å². The van der Waals surface area contributed by atoms with Gasteiger partial charge < -0.3 is 15.5 Å². The zero-order valence-electron chi connectivity index (χ0n) is 15.8. The van der Waals surface area contributed by atoms with Gasteiger partial charge in [0.05, 0.1) is 5.41 Å². The molecule has 0 unspecified atom stereocenters. The summed E-state index contributed by atoms with van der Waals surface area (Å²) >= 11 is 0. The number of hydrogen-bond donors (Lipinski definition) is 2. The predicted molar refractivity (Wildman–Crippen MR) is 104 cm³/mol. The minimum atomic E-state index is -0.169. The van der Waals surface area contributed by atoms with Crippen molar-refractivity contribution in [1.82, 2.24) is 15.6 Å². The smallest absolute Gasteiger partial charge is 0.228 e. The fourth-order valence-electron chi connectivity index (χ4n) is 5.06. The first-order valence-corrected chi connectivity index (χ1v) is 10.5. The number of anilines is 1. The molecule has 4 rings (SSSR count). The Bertz CT molecular complexity index is 609. The number of rotatable bonds is 4. The SMILES string of the molecule is O=C(NCc1ccc(N2CCCCCC2)nc1)[C@@]12CCCC[C@H]1CNC2. The van der Waals surface area contributed by atoms with E-state index in [0.717, 1.165) is 44.0 Å². The van der Waals surface area contributed by atoms with Gasteiger partial charge in [0.25, 0.3) is 0 Å². The van der Waals surface area contributed by atoms with Gasteiger partial charge >= 0.3 is 0 Å². The van der Waals surface area contributed by atoms with Crippen molar-refractivity contribution in [3.05, 3.63) is 23.9 Å². The van der Waals surface area contributed by atoms with Crippen LogP contribution in [0.25, 0.3) is 0 Å². The van der Waals surface area contributed by atoms with Crippen LogP contribution in [0, 0.1) is 11.3 Å². The summed E-state index contributed by atoms with van der Waals surface area (Å²) in [4.78, 5) is 20.0. The summed E-state index contributed by atoms with van der Waals surface area (Å²) in [6.07, 6.45) is 11.8. The molecule has 5 heteroatoms. The zero-order valence-corrected chi connectivity index (χ0v) is 15.8. The highest BCUT2D eigenvalue weighted by Crippen LogP contribution is 2.43. The summed E-state index contributed by atoms with van der Waals surface area (Å²) in [6, 6.07) is 4.24. The monoisotopic (exact) mass is 356 g/mol. The van der Waals surface area contributed by atoms with E-state index in [4.69, 9.17) is 0 Å². The molecule has 0 spiro atoms. The lowest BCUT2D eigenvalue weighted by Gasteiger charge is -2.37. The Kier molecular flexibility index (Phi) is 5.44. The molecule has 1 aromatic rings. The number of aromatic nitrogens is 1. The summed E-state index contributed by atoms with van der Waals surface area (Å²) < 4.78 is 0. The number of carbonyl (C=O) groups excluding carboxylic acids is 1. The molecule has 3 fully saturated rings. The maximum Gasteiger partial charge on any atom is 0.228 e. The molecule has 142 valence electrons. The van der Waals surface area contributed by atoms with Gasteiger partial charge in [-0.2, -0.15) is 0 Å². The highest BCUT2D eigenvalue weighted by atomic mass is 16.2. The van der Waals surface area contributed by atoms with E-state index in [0.29, 0.717) is 12.5 Å². The predicted octanol–water partition coefficient (Wildman–Crippen LogP) is 2.86. The number of carbonyl (C=O) groups is 1. The molecule has 2 aliphatic heterocycles. The maximum absolute atomic E-state index is 12.9. The van der Waals surface area contributed by atoms with E-state index in [9.17, 15) is 4.79 Å². The van der Waals surface area contributed by atoms with Gasteiger partial charge in [-0.3, -0.25) is 4.79 Å². The Morgan fingerprint density at radius 1 is 1.19 bits per heavy atom. The molecule has 0 bridgehead atoms. The van der Waals surface area contributed by atoms with Crippen molar-refractivity contribution in [2.45, 2.75) is 57.9 Å². The van der Waals surface area contributed by atoms with Crippen LogP contribution in [-0.2, 0) is 11.3 Å². The lowest BCUT2D eigenvalue weighted by atomic mass is 9.67. The molecule has 3 heterocycles. The van der Waals surface area contributed by atoms with E-state index in [-0.39, 0.29) is 11.3 Å². The van der Waals surface area contributed by atoms with Crippen molar-refractivity contribution >= 4 is 11.7 Å². The van der Waals surface area contributed by atoms with Crippen LogP contribution >= 0.6 is 0 Å². The summed E-state index contributed by atoms with van der Waals surface area (Å²) in [6.45, 7) is 4.65. The molecule has 2 saturated heterocycles. The maximum atomic E-state index is 12.9. The number of amides is 1. The largest absolute Gasteiger partial charge is 0.357 e. The van der Waals surface area contributed by atoms with Crippen LogP contribution in [0.2, 0.25) is 0 Å². The van der Waals surface area contributed by atoms with Gasteiger partial charge in [0, 0.05) is 32.4 Å². The Morgan fingerprint density at radius 3 is 2.81 bits per heavy atom. The molecule has 1 saturated carbocycles. The van der Waals surface area contributed by atoms with Gasteiger partial charge in [-0.1, -0.05) is 31.7 Å². The lowest BCUT2D eigenvalue weighted by molar-refractivity contribution is -0.134. The van der Waals surface area contributed by atoms with Gasteiger partial charge in [0.15, 0.2) is 0 Å². The van der Waals surface area contributed by atoms with Gasteiger partial charge in [-0.15, -0.1) is 0 Å². The molecule has 1 aliphatic carbocycles. The third-order valence-corrected chi connectivity index (χ3v) is 6.68. The average molecular weight is 357 g/mol. The molecule has 0 aromatic carbocycles. The van der Waals surface area contributed by atoms with Crippen LogP contribution in [-0.4, -0.2) is 37.1 Å². The minimum Gasteiger partial charge on any atom is -0.357 e. The van der Waals surface area contributed by atoms with Crippen molar-refractivity contribution in [1.29, 1.82) is 0 Å². The number of hydrogen-bond acceptors (Lipinski definition) is 4. The van der Waals surface area contributed by atoms with E-state index in [1.807, 2.05) is 6.20 Å². The van der Waals surface area contributed by atoms with Crippen molar-refractivity contribution < 1.29 is 4.79 Å². The normalized spacial score (nSPS) is 29.1. The molecule has 26 heavy (non-hydrogen) atoms. The van der Waals surface area contributed by atoms with Crippen molar-refractivity contribution in [2.24, 2.45) is 11.3 Å². The molecule has 1 aromatic heterocycles. The first kappa shape index (κ1) is 17.8. The fourth-order valence-corrected chi connectivity index (χ4v) is 5.06. The second kappa shape index (κ2) is 7.95. The van der Waals surface area contributed by atoms with Gasteiger partial charge in [-0.05, 0) is 49.8 Å². The number of nitrogens with one attached hydrogen (secondary N) is 2. The van der Waals surface area contributed by atoms with E-state index < -0.39 is 0 Å². The molecular formula is C21H32N4O. The second-order valence-corrected chi connectivity index (χ2v) is 8.34. The third-order valence-electron chi connectivity index (χ3n) is 6.68. The third kappa shape index (κ3) is 3.59. The Balaban J connectivity index is 1.35. The summed E-state index contributed by atoms with van der Waals surface area (Å²) in [5, 5.41) is 6.66. The Hall–Kier alpha value is -1.62. The summed E-state index contributed by atoms with van der Waals surface area (Å²) in [7, 11) is 0. The van der Waals surface area contributed by atoms with Crippen molar-refractivity contribution in [3.63, 3.8) is 0 Å². The van der Waals surface area contributed by atoms with Gasteiger partial charge in [0.1, 0.15) is 5.82 Å². The molecule has 2 N–H and O–H groups in total. The van der Waals surface area contributed by atoms with Crippen molar-refractivity contribution in [3.8, 4) is 0 Å². The standard InChI is InChI=1S/C21H32N4O/c26-20(21-10-4-3-7-18(21)15-22-16-21)24-14-17-8-9-19(23-13-17)25-11-5-1-2-6-12-25/h8-9,13,18,22H,1-7,10-12,14-16H2,(H,24,26)/t18-,21+/m0/s1. The van der Waals surface area contributed by atoms with Crippen LogP contribution in [0.4, 0.5) is 5.82 Å². The van der Waals surface area contributed by atoms with Crippen LogP contribution in [0.1, 0.15) is 56.9 Å². The minimum absolute atomic E-state index is 0.169. The molecule has 3 aliphatic rings. The molecule has 1 amide bonds. The molecular weight excluding hydrogens is 324 g/mol. The van der Waals surface area contributed by atoms with Crippen molar-refractivity contribution in [2.75, 3.05) is 31.1 Å². The summed E-state index contributed by atoms with van der Waals surface area (Å²) in [5.41, 5.74) is 0.921. The first-order valence-electron chi connectivity index (χ1n) is 10.5. The molecule has 5 nitrogen and oxygen atoms in total. The topological polar surface area (TPSA) is 57.3 Å². The van der Waals surface area contributed by atoms with Gasteiger partial charge in [0.2, 0.25) is 5.91 Å². The second-order valence-electron chi connectivity index (χ2n) is 8.34. The number of pyridine rings is 1. The number of nitrogens with zero attached hydrogens (tertiary/aromatic N) is 2. The molecule has 2 atom stereocenters. The first-order chi connectivity index (χ1) is 12.8. The number of fused-ring (bicyclic) bond motifs is 1. The van der Waals surface area contributed by atoms with Crippen LogP contribution in [0.5, 0.6) is 0 Å². The average Bonchev–Trinajstić information content (AvgIpc) is 2.95. The fraction of sp³-hybridized carbons (Fsp3) is 0.714.